The lowest BCUT2D eigenvalue weighted by Gasteiger charge is -2.26. The summed E-state index contributed by atoms with van der Waals surface area (Å²) in [6.45, 7) is 6.54. The fourth-order valence-electron chi connectivity index (χ4n) is 2.53. The maximum Gasteiger partial charge on any atom is 0.139 e. The van der Waals surface area contributed by atoms with Crippen molar-refractivity contribution in [3.05, 3.63) is 28.2 Å². The fourth-order valence-corrected chi connectivity index (χ4v) is 2.87. The Morgan fingerprint density at radius 2 is 2.16 bits per heavy atom. The van der Waals surface area contributed by atoms with Crippen molar-refractivity contribution in [2.75, 3.05) is 13.1 Å². The van der Waals surface area contributed by atoms with Gasteiger partial charge in [-0.2, -0.15) is 0 Å². The molecule has 2 nitrogen and oxygen atoms in total. The van der Waals surface area contributed by atoms with E-state index in [1.54, 1.807) is 6.07 Å². The van der Waals surface area contributed by atoms with Crippen molar-refractivity contribution in [1.29, 1.82) is 0 Å². The zero-order chi connectivity index (χ0) is 13.8. The highest BCUT2D eigenvalue weighted by Gasteiger charge is 2.27. The highest BCUT2D eigenvalue weighted by molar-refractivity contribution is 6.42. The number of rotatable bonds is 5. The molecule has 1 fully saturated rings. The first-order chi connectivity index (χ1) is 9.08. The van der Waals surface area contributed by atoms with Crippen LogP contribution in [-0.2, 0) is 0 Å². The minimum atomic E-state index is 0.200. The minimum absolute atomic E-state index is 0.200. The first-order valence-corrected chi connectivity index (χ1v) is 7.65. The van der Waals surface area contributed by atoms with Crippen LogP contribution in [0, 0.1) is 11.8 Å². The minimum Gasteiger partial charge on any atom is -0.488 e. The van der Waals surface area contributed by atoms with Crippen LogP contribution < -0.4 is 10.1 Å². The van der Waals surface area contributed by atoms with E-state index in [1.807, 2.05) is 12.1 Å². The number of halogens is 2. The molecule has 1 N–H and O–H groups in total. The number of nitrogens with one attached hydrogen (secondary N) is 1. The van der Waals surface area contributed by atoms with E-state index in [-0.39, 0.29) is 6.10 Å². The third kappa shape index (κ3) is 4.01. The maximum absolute atomic E-state index is 6.21. The summed E-state index contributed by atoms with van der Waals surface area (Å²) in [6, 6.07) is 5.55. The van der Waals surface area contributed by atoms with Gasteiger partial charge in [-0.25, -0.2) is 0 Å². The average molecular weight is 302 g/mol. The molecule has 0 bridgehead atoms. The summed E-state index contributed by atoms with van der Waals surface area (Å²) in [7, 11) is 0. The molecule has 2 rings (SSSR count). The van der Waals surface area contributed by atoms with Crippen molar-refractivity contribution in [3.63, 3.8) is 0 Å². The molecule has 0 spiro atoms. The van der Waals surface area contributed by atoms with Crippen LogP contribution in [-0.4, -0.2) is 19.2 Å². The SMILES string of the molecule is CC(C)CC(Oc1cccc(Cl)c1Cl)[C@H]1CCNC1. The van der Waals surface area contributed by atoms with Gasteiger partial charge in [-0.05, 0) is 37.4 Å². The van der Waals surface area contributed by atoms with E-state index in [9.17, 15) is 0 Å². The second-order valence-electron chi connectivity index (χ2n) is 5.59. The number of ether oxygens (including phenoxy) is 1. The molecule has 1 heterocycles. The predicted octanol–water partition coefficient (Wildman–Crippen LogP) is 4.40. The molecule has 1 unspecified atom stereocenters. The Balaban J connectivity index is 2.12. The molecule has 1 aliphatic heterocycles. The van der Waals surface area contributed by atoms with Crippen LogP contribution in [0.25, 0.3) is 0 Å². The van der Waals surface area contributed by atoms with E-state index in [0.717, 1.165) is 25.9 Å². The summed E-state index contributed by atoms with van der Waals surface area (Å²) in [6.07, 6.45) is 2.40. The van der Waals surface area contributed by atoms with Gasteiger partial charge in [0.15, 0.2) is 0 Å². The lowest BCUT2D eigenvalue weighted by molar-refractivity contribution is 0.120. The van der Waals surface area contributed by atoms with Gasteiger partial charge >= 0.3 is 0 Å². The van der Waals surface area contributed by atoms with Gasteiger partial charge in [0.2, 0.25) is 0 Å². The first-order valence-electron chi connectivity index (χ1n) is 6.89. The molecule has 1 aromatic carbocycles. The van der Waals surface area contributed by atoms with Crippen molar-refractivity contribution in [2.45, 2.75) is 32.8 Å². The van der Waals surface area contributed by atoms with Crippen molar-refractivity contribution >= 4 is 23.2 Å². The fraction of sp³-hybridized carbons (Fsp3) is 0.600. The number of hydrogen-bond donors (Lipinski definition) is 1. The summed E-state index contributed by atoms with van der Waals surface area (Å²) in [5, 5.41) is 4.46. The Bertz CT molecular complexity index is 417. The Kier molecular flexibility index (Phi) is 5.37. The standard InChI is InChI=1S/C15H21Cl2NO/c1-10(2)8-14(11-6-7-18-9-11)19-13-5-3-4-12(16)15(13)17/h3-5,10-11,14,18H,6-9H2,1-2H3/t11-,14?/m0/s1. The van der Waals surface area contributed by atoms with Crippen LogP contribution in [0.4, 0.5) is 0 Å². The van der Waals surface area contributed by atoms with Crippen LogP contribution in [0.3, 0.4) is 0 Å². The molecule has 0 aliphatic carbocycles. The molecular weight excluding hydrogens is 281 g/mol. The molecule has 0 radical (unpaired) electrons. The lowest BCUT2D eigenvalue weighted by Crippen LogP contribution is -2.30. The largest absolute Gasteiger partial charge is 0.488 e. The van der Waals surface area contributed by atoms with Gasteiger partial charge in [-0.1, -0.05) is 43.1 Å². The van der Waals surface area contributed by atoms with Gasteiger partial charge in [0, 0.05) is 12.5 Å². The van der Waals surface area contributed by atoms with Crippen LogP contribution in [0.1, 0.15) is 26.7 Å². The molecule has 1 aliphatic rings. The van der Waals surface area contributed by atoms with E-state index in [0.29, 0.717) is 27.6 Å². The summed E-state index contributed by atoms with van der Waals surface area (Å²) >= 11 is 12.2. The zero-order valence-electron chi connectivity index (χ0n) is 11.5. The predicted molar refractivity (Wildman–Crippen MR) is 81.3 cm³/mol. The summed E-state index contributed by atoms with van der Waals surface area (Å²) in [5.41, 5.74) is 0. The molecule has 0 saturated carbocycles. The van der Waals surface area contributed by atoms with E-state index < -0.39 is 0 Å². The third-order valence-corrected chi connectivity index (χ3v) is 4.32. The lowest BCUT2D eigenvalue weighted by atomic mass is 9.93. The third-order valence-electron chi connectivity index (χ3n) is 3.52. The van der Waals surface area contributed by atoms with E-state index in [4.69, 9.17) is 27.9 Å². The van der Waals surface area contributed by atoms with E-state index in [1.165, 1.54) is 0 Å². The molecule has 1 aromatic rings. The molecule has 0 amide bonds. The highest BCUT2D eigenvalue weighted by atomic mass is 35.5. The molecule has 1 saturated heterocycles. The summed E-state index contributed by atoms with van der Waals surface area (Å²) < 4.78 is 6.16. The van der Waals surface area contributed by atoms with Gasteiger partial charge in [0.1, 0.15) is 16.9 Å². The van der Waals surface area contributed by atoms with Crippen molar-refractivity contribution in [1.82, 2.24) is 5.32 Å². The summed E-state index contributed by atoms with van der Waals surface area (Å²) in [4.78, 5) is 0. The molecule has 106 valence electrons. The Hall–Kier alpha value is -0.440. The highest BCUT2D eigenvalue weighted by Crippen LogP contribution is 2.34. The van der Waals surface area contributed by atoms with Crippen molar-refractivity contribution in [3.8, 4) is 5.75 Å². The monoisotopic (exact) mass is 301 g/mol. The van der Waals surface area contributed by atoms with Gasteiger partial charge in [0.25, 0.3) is 0 Å². The van der Waals surface area contributed by atoms with Gasteiger partial charge in [-0.3, -0.25) is 0 Å². The Labute approximate surface area is 125 Å². The normalized spacial score (nSPS) is 20.8. The smallest absolute Gasteiger partial charge is 0.139 e. The van der Waals surface area contributed by atoms with Crippen LogP contribution in [0.2, 0.25) is 10.0 Å². The van der Waals surface area contributed by atoms with Gasteiger partial charge < -0.3 is 10.1 Å². The van der Waals surface area contributed by atoms with E-state index in [2.05, 4.69) is 19.2 Å². The second-order valence-corrected chi connectivity index (χ2v) is 6.38. The van der Waals surface area contributed by atoms with Crippen LogP contribution in [0.5, 0.6) is 5.75 Å². The van der Waals surface area contributed by atoms with Crippen LogP contribution >= 0.6 is 23.2 Å². The molecule has 19 heavy (non-hydrogen) atoms. The molecule has 0 aromatic heterocycles. The Morgan fingerprint density at radius 1 is 1.37 bits per heavy atom. The number of hydrogen-bond acceptors (Lipinski definition) is 2. The topological polar surface area (TPSA) is 21.3 Å². The quantitative estimate of drug-likeness (QED) is 0.870. The summed E-state index contributed by atoms with van der Waals surface area (Å²) in [5.74, 6) is 1.85. The van der Waals surface area contributed by atoms with Gasteiger partial charge in [-0.15, -0.1) is 0 Å². The second kappa shape index (κ2) is 6.83. The maximum atomic E-state index is 6.21. The molecular formula is C15H21Cl2NO. The van der Waals surface area contributed by atoms with Gasteiger partial charge in [0.05, 0.1) is 5.02 Å². The van der Waals surface area contributed by atoms with Crippen molar-refractivity contribution < 1.29 is 4.74 Å². The van der Waals surface area contributed by atoms with E-state index >= 15 is 0 Å². The molecule has 2 atom stereocenters. The Morgan fingerprint density at radius 3 is 2.79 bits per heavy atom. The zero-order valence-corrected chi connectivity index (χ0v) is 13.0. The number of benzene rings is 1. The average Bonchev–Trinajstić information content (AvgIpc) is 2.87. The van der Waals surface area contributed by atoms with Crippen molar-refractivity contribution in [2.24, 2.45) is 11.8 Å². The first kappa shape index (κ1) is 15.0. The van der Waals surface area contributed by atoms with Crippen LogP contribution in [0.15, 0.2) is 18.2 Å². The molecule has 4 heteroatoms.